The molecule has 0 aliphatic carbocycles. The summed E-state index contributed by atoms with van der Waals surface area (Å²) >= 11 is 12.7. The van der Waals surface area contributed by atoms with Gasteiger partial charge in [-0.3, -0.25) is 0 Å². The average molecular weight is 216 g/mol. The molecule has 0 saturated heterocycles. The molecular formula is C9H12S3. The minimum absolute atomic E-state index is 0.775. The summed E-state index contributed by atoms with van der Waals surface area (Å²) in [6.45, 7) is 0. The predicted molar refractivity (Wildman–Crippen MR) is 64.5 cm³/mol. The molecule has 0 bridgehead atoms. The van der Waals surface area contributed by atoms with Crippen LogP contribution < -0.4 is 0 Å². The van der Waals surface area contributed by atoms with Crippen molar-refractivity contribution in [2.75, 3.05) is 0 Å². The van der Waals surface area contributed by atoms with Crippen LogP contribution in [0.3, 0.4) is 0 Å². The second kappa shape index (κ2) is 5.10. The summed E-state index contributed by atoms with van der Waals surface area (Å²) < 4.78 is 0. The molecular weight excluding hydrogens is 204 g/mol. The normalized spacial score (nSPS) is 10.2. The van der Waals surface area contributed by atoms with Crippen molar-refractivity contribution in [1.82, 2.24) is 0 Å². The van der Waals surface area contributed by atoms with Crippen molar-refractivity contribution in [2.45, 2.75) is 17.3 Å². The maximum atomic E-state index is 4.26. The summed E-state index contributed by atoms with van der Waals surface area (Å²) in [5.74, 6) is 2.34. The van der Waals surface area contributed by atoms with E-state index in [-0.39, 0.29) is 0 Å². The van der Waals surface area contributed by atoms with Gasteiger partial charge in [-0.1, -0.05) is 18.2 Å². The summed E-state index contributed by atoms with van der Waals surface area (Å²) in [4.78, 5) is 0. The topological polar surface area (TPSA) is 0 Å². The molecule has 0 radical (unpaired) electrons. The van der Waals surface area contributed by atoms with E-state index in [4.69, 9.17) is 0 Å². The van der Waals surface area contributed by atoms with Gasteiger partial charge in [0.2, 0.25) is 0 Å². The minimum atomic E-state index is 0.775. The number of benzene rings is 1. The Hall–Kier alpha value is 0.270. The molecule has 3 heteroatoms. The van der Waals surface area contributed by atoms with Gasteiger partial charge in [0.05, 0.1) is 0 Å². The van der Waals surface area contributed by atoms with Crippen LogP contribution in [0.5, 0.6) is 0 Å². The molecule has 0 aromatic heterocycles. The van der Waals surface area contributed by atoms with Crippen LogP contribution >= 0.6 is 37.9 Å². The largest absolute Gasteiger partial charge is 0.175 e. The van der Waals surface area contributed by atoms with Gasteiger partial charge in [-0.25, -0.2) is 0 Å². The quantitative estimate of drug-likeness (QED) is 0.636. The molecule has 66 valence electrons. The fraction of sp³-hybridized carbons (Fsp3) is 0.333. The van der Waals surface area contributed by atoms with Gasteiger partial charge in [0.1, 0.15) is 0 Å². The van der Waals surface area contributed by atoms with Crippen LogP contribution in [-0.4, -0.2) is 0 Å². The highest BCUT2D eigenvalue weighted by Gasteiger charge is 1.99. The summed E-state index contributed by atoms with van der Waals surface area (Å²) in [7, 11) is 0. The summed E-state index contributed by atoms with van der Waals surface area (Å²) in [6.07, 6.45) is 0. The van der Waals surface area contributed by atoms with Crippen LogP contribution in [0, 0.1) is 0 Å². The van der Waals surface area contributed by atoms with Crippen LogP contribution in [0.2, 0.25) is 0 Å². The molecule has 0 nitrogen and oxygen atoms in total. The lowest BCUT2D eigenvalue weighted by molar-refractivity contribution is 1.25. The molecule has 0 atom stereocenters. The van der Waals surface area contributed by atoms with Gasteiger partial charge in [-0.2, -0.15) is 37.9 Å². The summed E-state index contributed by atoms with van der Waals surface area (Å²) in [5, 5.41) is 0. The lowest BCUT2D eigenvalue weighted by Gasteiger charge is -2.06. The Kier molecular flexibility index (Phi) is 4.40. The van der Waals surface area contributed by atoms with Gasteiger partial charge in [0.25, 0.3) is 0 Å². The Morgan fingerprint density at radius 3 is 2.00 bits per heavy atom. The second-order valence-corrected chi connectivity index (χ2v) is 3.53. The molecule has 0 aliphatic heterocycles. The highest BCUT2D eigenvalue weighted by atomic mass is 32.1. The zero-order valence-electron chi connectivity index (χ0n) is 6.70. The monoisotopic (exact) mass is 216 g/mol. The first kappa shape index (κ1) is 10.4. The van der Waals surface area contributed by atoms with Crippen LogP contribution in [0.15, 0.2) is 18.2 Å². The fourth-order valence-corrected chi connectivity index (χ4v) is 1.88. The van der Waals surface area contributed by atoms with Crippen LogP contribution in [0.1, 0.15) is 16.7 Å². The van der Waals surface area contributed by atoms with Crippen molar-refractivity contribution in [2.24, 2.45) is 0 Å². The summed E-state index contributed by atoms with van der Waals surface area (Å²) in [6, 6.07) is 6.33. The molecule has 1 aromatic carbocycles. The SMILES string of the molecule is SCc1ccc(CS)c(CS)c1. The molecule has 0 fully saturated rings. The fourth-order valence-electron chi connectivity index (χ4n) is 1.08. The van der Waals surface area contributed by atoms with Crippen LogP contribution in [0.4, 0.5) is 0 Å². The van der Waals surface area contributed by atoms with Crippen molar-refractivity contribution < 1.29 is 0 Å². The lowest BCUT2D eigenvalue weighted by Crippen LogP contribution is -1.90. The van der Waals surface area contributed by atoms with Crippen LogP contribution in [-0.2, 0) is 17.3 Å². The number of thiol groups is 3. The Morgan fingerprint density at radius 1 is 0.833 bits per heavy atom. The number of hydrogen-bond donors (Lipinski definition) is 3. The number of hydrogen-bond acceptors (Lipinski definition) is 3. The van der Waals surface area contributed by atoms with Crippen molar-refractivity contribution in [3.05, 3.63) is 34.9 Å². The minimum Gasteiger partial charge on any atom is -0.175 e. The molecule has 1 rings (SSSR count). The third-order valence-corrected chi connectivity index (χ3v) is 2.84. The molecule has 0 saturated carbocycles. The number of rotatable bonds is 3. The van der Waals surface area contributed by atoms with Crippen LogP contribution in [0.25, 0.3) is 0 Å². The van der Waals surface area contributed by atoms with Gasteiger partial charge in [0.15, 0.2) is 0 Å². The van der Waals surface area contributed by atoms with E-state index in [2.05, 4.69) is 56.1 Å². The molecule has 0 heterocycles. The third kappa shape index (κ3) is 2.38. The molecule has 0 spiro atoms. The van der Waals surface area contributed by atoms with E-state index in [1.165, 1.54) is 16.7 Å². The van der Waals surface area contributed by atoms with E-state index in [0.717, 1.165) is 17.3 Å². The molecule has 0 unspecified atom stereocenters. The Bertz CT molecular complexity index is 258. The van der Waals surface area contributed by atoms with E-state index < -0.39 is 0 Å². The van der Waals surface area contributed by atoms with Gasteiger partial charge in [-0.15, -0.1) is 0 Å². The highest BCUT2D eigenvalue weighted by Crippen LogP contribution is 2.17. The Labute approximate surface area is 90.0 Å². The molecule has 0 N–H and O–H groups in total. The molecule has 12 heavy (non-hydrogen) atoms. The van der Waals surface area contributed by atoms with Crippen molar-refractivity contribution in [3.8, 4) is 0 Å². The Balaban J connectivity index is 3.02. The summed E-state index contributed by atoms with van der Waals surface area (Å²) in [5.41, 5.74) is 3.77. The maximum absolute atomic E-state index is 4.26. The van der Waals surface area contributed by atoms with E-state index >= 15 is 0 Å². The first-order chi connectivity index (χ1) is 5.81. The van der Waals surface area contributed by atoms with E-state index in [1.54, 1.807) is 0 Å². The van der Waals surface area contributed by atoms with Crippen molar-refractivity contribution in [1.29, 1.82) is 0 Å². The lowest BCUT2D eigenvalue weighted by atomic mass is 10.1. The second-order valence-electron chi connectivity index (χ2n) is 2.58. The van der Waals surface area contributed by atoms with E-state index in [9.17, 15) is 0 Å². The molecule has 1 aromatic rings. The molecule has 0 amide bonds. The average Bonchev–Trinajstić information content (AvgIpc) is 2.16. The first-order valence-corrected chi connectivity index (χ1v) is 5.64. The standard InChI is InChI=1S/C9H12S3/c10-4-7-1-2-8(5-11)9(3-7)6-12/h1-3,10-12H,4-6H2. The third-order valence-electron chi connectivity index (χ3n) is 1.79. The van der Waals surface area contributed by atoms with E-state index in [1.807, 2.05) is 0 Å². The van der Waals surface area contributed by atoms with Gasteiger partial charge >= 0.3 is 0 Å². The van der Waals surface area contributed by atoms with E-state index in [0.29, 0.717) is 0 Å². The van der Waals surface area contributed by atoms with Gasteiger partial charge in [0, 0.05) is 17.3 Å². The van der Waals surface area contributed by atoms with Gasteiger partial charge < -0.3 is 0 Å². The van der Waals surface area contributed by atoms with Crippen molar-refractivity contribution in [3.63, 3.8) is 0 Å². The zero-order valence-corrected chi connectivity index (χ0v) is 9.38. The maximum Gasteiger partial charge on any atom is 0.0157 e. The van der Waals surface area contributed by atoms with Crippen molar-refractivity contribution >= 4 is 37.9 Å². The van der Waals surface area contributed by atoms with Gasteiger partial charge in [-0.05, 0) is 16.7 Å². The molecule has 0 aliphatic rings. The zero-order chi connectivity index (χ0) is 8.97. The smallest absolute Gasteiger partial charge is 0.0157 e. The first-order valence-electron chi connectivity index (χ1n) is 3.75. The highest BCUT2D eigenvalue weighted by molar-refractivity contribution is 7.79. The predicted octanol–water partition coefficient (Wildman–Crippen LogP) is 2.98. The Morgan fingerprint density at radius 2 is 1.50 bits per heavy atom.